The van der Waals surface area contributed by atoms with E-state index in [-0.39, 0.29) is 0 Å². The van der Waals surface area contributed by atoms with E-state index in [0.29, 0.717) is 16.8 Å². The molecule has 1 aromatic heterocycles. The first-order valence-electron chi connectivity index (χ1n) is 6.23. The summed E-state index contributed by atoms with van der Waals surface area (Å²) >= 11 is 3.57. The highest BCUT2D eigenvalue weighted by Crippen LogP contribution is 2.07. The third kappa shape index (κ3) is 5.64. The van der Waals surface area contributed by atoms with Crippen LogP contribution < -0.4 is 5.32 Å². The Hall–Kier alpha value is -0.420. The molecule has 0 radical (unpaired) electrons. The van der Waals surface area contributed by atoms with Crippen LogP contribution in [0, 0.1) is 5.92 Å². The highest BCUT2D eigenvalue weighted by Gasteiger charge is 2.09. The van der Waals surface area contributed by atoms with Gasteiger partial charge in [0.05, 0.1) is 6.54 Å². The second-order valence-electron chi connectivity index (χ2n) is 5.05. The predicted octanol–water partition coefficient (Wildman–Crippen LogP) is 2.59. The first-order valence-corrected chi connectivity index (χ1v) is 7.14. The molecule has 2 unspecified atom stereocenters. The van der Waals surface area contributed by atoms with Crippen LogP contribution in [0.1, 0.15) is 39.9 Å². The normalized spacial score (nSPS) is 15.2. The Balaban J connectivity index is 2.43. The van der Waals surface area contributed by atoms with Crippen molar-refractivity contribution in [1.29, 1.82) is 0 Å². The van der Waals surface area contributed by atoms with Crippen LogP contribution in [0.15, 0.2) is 6.33 Å². The van der Waals surface area contributed by atoms with Gasteiger partial charge in [0.15, 0.2) is 0 Å². The first-order chi connectivity index (χ1) is 7.99. The van der Waals surface area contributed by atoms with E-state index in [9.17, 15) is 0 Å². The molecule has 1 N–H and O–H groups in total. The van der Waals surface area contributed by atoms with Crippen LogP contribution in [-0.2, 0) is 13.1 Å². The van der Waals surface area contributed by atoms with Gasteiger partial charge < -0.3 is 5.32 Å². The van der Waals surface area contributed by atoms with Crippen molar-refractivity contribution in [2.45, 2.75) is 58.1 Å². The van der Waals surface area contributed by atoms with E-state index in [1.807, 2.05) is 4.68 Å². The third-order valence-corrected chi connectivity index (χ3v) is 2.89. The number of halogens is 1. The topological polar surface area (TPSA) is 42.7 Å². The lowest BCUT2D eigenvalue weighted by atomic mass is 10.2. The fourth-order valence-electron chi connectivity index (χ4n) is 1.76. The zero-order valence-electron chi connectivity index (χ0n) is 11.2. The van der Waals surface area contributed by atoms with E-state index in [1.165, 1.54) is 0 Å². The zero-order chi connectivity index (χ0) is 12.8. The molecule has 0 aromatic carbocycles. The van der Waals surface area contributed by atoms with Crippen LogP contribution >= 0.6 is 15.9 Å². The maximum atomic E-state index is 4.30. The van der Waals surface area contributed by atoms with Crippen molar-refractivity contribution in [3.63, 3.8) is 0 Å². The number of hydrogen-bond acceptors (Lipinski definition) is 3. The molecule has 0 bridgehead atoms. The van der Waals surface area contributed by atoms with Crippen molar-refractivity contribution in [2.75, 3.05) is 0 Å². The van der Waals surface area contributed by atoms with E-state index < -0.39 is 0 Å². The average molecular weight is 303 g/mol. The van der Waals surface area contributed by atoms with Gasteiger partial charge in [-0.2, -0.15) is 5.10 Å². The van der Waals surface area contributed by atoms with Gasteiger partial charge in [0.1, 0.15) is 12.2 Å². The molecule has 1 aromatic rings. The summed E-state index contributed by atoms with van der Waals surface area (Å²) in [6.45, 7) is 10.5. The summed E-state index contributed by atoms with van der Waals surface area (Å²) in [4.78, 5) is 4.84. The number of hydrogen-bond donors (Lipinski definition) is 1. The largest absolute Gasteiger partial charge is 0.307 e. The summed E-state index contributed by atoms with van der Waals surface area (Å²) in [5.74, 6) is 1.61. The van der Waals surface area contributed by atoms with Gasteiger partial charge >= 0.3 is 0 Å². The Bertz CT molecular complexity index is 322. The molecular formula is C12H23BrN4. The Morgan fingerprint density at radius 3 is 2.65 bits per heavy atom. The summed E-state index contributed by atoms with van der Waals surface area (Å²) in [6.07, 6.45) is 2.75. The lowest BCUT2D eigenvalue weighted by molar-refractivity contribution is 0.441. The second-order valence-corrected chi connectivity index (χ2v) is 6.61. The molecule has 98 valence electrons. The van der Waals surface area contributed by atoms with Gasteiger partial charge in [-0.3, -0.25) is 0 Å². The molecule has 0 saturated heterocycles. The van der Waals surface area contributed by atoms with Crippen molar-refractivity contribution in [1.82, 2.24) is 20.1 Å². The molecule has 0 amide bonds. The predicted molar refractivity (Wildman–Crippen MR) is 74.2 cm³/mol. The minimum absolute atomic E-state index is 0.480. The van der Waals surface area contributed by atoms with Crippen molar-refractivity contribution in [2.24, 2.45) is 5.92 Å². The molecule has 0 fully saturated rings. The smallest absolute Gasteiger partial charge is 0.140 e. The van der Waals surface area contributed by atoms with E-state index in [0.717, 1.165) is 25.3 Å². The molecule has 0 saturated carbocycles. The number of nitrogens with one attached hydrogen (secondary N) is 1. The minimum atomic E-state index is 0.480. The van der Waals surface area contributed by atoms with Gasteiger partial charge in [0, 0.05) is 17.4 Å². The minimum Gasteiger partial charge on any atom is -0.307 e. The summed E-state index contributed by atoms with van der Waals surface area (Å²) in [5.41, 5.74) is 0. The molecular weight excluding hydrogens is 280 g/mol. The van der Waals surface area contributed by atoms with Gasteiger partial charge in [0.2, 0.25) is 0 Å². The molecule has 4 nitrogen and oxygen atoms in total. The number of nitrogens with zero attached hydrogens (tertiary/aromatic N) is 3. The van der Waals surface area contributed by atoms with Crippen LogP contribution in [0.3, 0.4) is 0 Å². The van der Waals surface area contributed by atoms with Crippen LogP contribution in [0.5, 0.6) is 0 Å². The molecule has 5 heteroatoms. The molecule has 1 heterocycles. The second kappa shape index (κ2) is 7.11. The van der Waals surface area contributed by atoms with E-state index >= 15 is 0 Å². The quantitative estimate of drug-likeness (QED) is 0.787. The number of rotatable bonds is 7. The summed E-state index contributed by atoms with van der Waals surface area (Å²) in [5, 5.41) is 7.73. The van der Waals surface area contributed by atoms with Gasteiger partial charge in [-0.1, -0.05) is 36.7 Å². The molecule has 2 atom stereocenters. The van der Waals surface area contributed by atoms with E-state index in [4.69, 9.17) is 0 Å². The van der Waals surface area contributed by atoms with Crippen LogP contribution in [0.25, 0.3) is 0 Å². The molecule has 1 rings (SSSR count). The highest BCUT2D eigenvalue weighted by atomic mass is 79.9. The van der Waals surface area contributed by atoms with Gasteiger partial charge in [0.25, 0.3) is 0 Å². The summed E-state index contributed by atoms with van der Waals surface area (Å²) < 4.78 is 1.99. The van der Waals surface area contributed by atoms with Crippen molar-refractivity contribution in [3.05, 3.63) is 12.2 Å². The molecule has 0 aliphatic carbocycles. The van der Waals surface area contributed by atoms with Crippen LogP contribution in [-0.4, -0.2) is 25.6 Å². The monoisotopic (exact) mass is 302 g/mol. The molecule has 0 spiro atoms. The maximum absolute atomic E-state index is 4.30. The molecule has 17 heavy (non-hydrogen) atoms. The summed E-state index contributed by atoms with van der Waals surface area (Å²) in [6, 6.07) is 0.480. The van der Waals surface area contributed by atoms with Crippen molar-refractivity contribution in [3.8, 4) is 0 Å². The Kier molecular flexibility index (Phi) is 6.12. The van der Waals surface area contributed by atoms with Gasteiger partial charge in [-0.15, -0.1) is 0 Å². The highest BCUT2D eigenvalue weighted by molar-refractivity contribution is 9.09. The van der Waals surface area contributed by atoms with Crippen LogP contribution in [0.4, 0.5) is 0 Å². The number of aromatic nitrogens is 3. The SMILES string of the molecule is CC(C)Cn1ncnc1CNC(C)CC(C)Br. The van der Waals surface area contributed by atoms with Gasteiger partial charge in [-0.05, 0) is 19.3 Å². The van der Waals surface area contributed by atoms with Gasteiger partial charge in [-0.25, -0.2) is 9.67 Å². The zero-order valence-corrected chi connectivity index (χ0v) is 12.7. The average Bonchev–Trinajstić information content (AvgIpc) is 2.60. The number of alkyl halides is 1. The first kappa shape index (κ1) is 14.6. The molecule has 0 aliphatic rings. The lowest BCUT2D eigenvalue weighted by Gasteiger charge is -2.15. The maximum Gasteiger partial charge on any atom is 0.140 e. The van der Waals surface area contributed by atoms with Crippen molar-refractivity contribution >= 4 is 15.9 Å². The fraction of sp³-hybridized carbons (Fsp3) is 0.833. The van der Waals surface area contributed by atoms with Crippen LogP contribution in [0.2, 0.25) is 0 Å². The standard InChI is InChI=1S/C12H23BrN4/c1-9(2)7-17-12(15-8-16-17)6-14-11(4)5-10(3)13/h8-11,14H,5-7H2,1-4H3. The third-order valence-electron chi connectivity index (χ3n) is 2.52. The fourth-order valence-corrected chi connectivity index (χ4v) is 2.32. The Morgan fingerprint density at radius 2 is 2.06 bits per heavy atom. The Morgan fingerprint density at radius 1 is 1.35 bits per heavy atom. The lowest BCUT2D eigenvalue weighted by Crippen LogP contribution is -2.29. The summed E-state index contributed by atoms with van der Waals surface area (Å²) in [7, 11) is 0. The van der Waals surface area contributed by atoms with E-state index in [1.54, 1.807) is 6.33 Å². The Labute approximate surface area is 112 Å². The molecule has 0 aliphatic heterocycles. The van der Waals surface area contributed by atoms with Crippen molar-refractivity contribution < 1.29 is 0 Å². The van der Waals surface area contributed by atoms with E-state index in [2.05, 4.69) is 59.0 Å².